The highest BCUT2D eigenvalue weighted by Gasteiger charge is 2.73. The number of nitrogens with one attached hydrogen (secondary N) is 2. The van der Waals surface area contributed by atoms with Crippen LogP contribution in [0.2, 0.25) is 0 Å². The van der Waals surface area contributed by atoms with Gasteiger partial charge in [-0.1, -0.05) is 60.7 Å². The molecule has 2 aliphatic heterocycles. The first kappa shape index (κ1) is 32.8. The molecule has 2 fully saturated rings. The highest BCUT2D eigenvalue weighted by atomic mass is 32.2. The van der Waals surface area contributed by atoms with Crippen LogP contribution in [0.4, 0.5) is 10.5 Å². The molecule has 3 aromatic carbocycles. The van der Waals surface area contributed by atoms with Gasteiger partial charge in [-0.3, -0.25) is 19.7 Å². The maximum absolute atomic E-state index is 13.7. The van der Waals surface area contributed by atoms with E-state index in [1.807, 2.05) is 44.2 Å². The van der Waals surface area contributed by atoms with Crippen molar-refractivity contribution in [2.75, 3.05) is 6.26 Å². The summed E-state index contributed by atoms with van der Waals surface area (Å²) in [5.41, 5.74) is 1.69. The van der Waals surface area contributed by atoms with Crippen molar-refractivity contribution in [2.45, 2.75) is 54.1 Å². The lowest BCUT2D eigenvalue weighted by Gasteiger charge is -2.49. The van der Waals surface area contributed by atoms with Gasteiger partial charge in [-0.15, -0.1) is 23.5 Å². The fourth-order valence-corrected chi connectivity index (χ4v) is 8.73. The van der Waals surface area contributed by atoms with Gasteiger partial charge in [0.1, 0.15) is 30.7 Å². The van der Waals surface area contributed by atoms with E-state index in [0.29, 0.717) is 11.1 Å². The van der Waals surface area contributed by atoms with Crippen molar-refractivity contribution in [1.82, 2.24) is 15.5 Å². The first-order chi connectivity index (χ1) is 22.0. The Hall–Kier alpha value is -4.56. The highest BCUT2D eigenvalue weighted by Crippen LogP contribution is 2.61. The summed E-state index contributed by atoms with van der Waals surface area (Å²) in [5.74, 6) is -1.61. The van der Waals surface area contributed by atoms with E-state index in [0.717, 1.165) is 5.56 Å². The molecule has 0 saturated carbocycles. The molecule has 3 aromatic rings. The molecule has 3 amide bonds. The van der Waals surface area contributed by atoms with Crippen LogP contribution in [0.5, 0.6) is 0 Å². The largest absolute Gasteiger partial charge is 0.458 e. The fourth-order valence-electron chi connectivity index (χ4n) is 5.52. The van der Waals surface area contributed by atoms with Crippen molar-refractivity contribution in [2.24, 2.45) is 0 Å². The fraction of sp³-hybridized carbons (Fsp3) is 0.312. The second kappa shape index (κ2) is 13.4. The standard InChI is InChI=1S/C32H32N4O8S2/c1-31(2)32(45-3,29(39)43-18-20-10-6-4-7-11-20)35-27(38)25(28(35)46-31)33-26(37)24(22-12-8-5-9-13-22)34-30(40)44-19-21-14-16-23(17-15-21)36(41)42/h4-17,24-25,28H,18-19H2,1-3H3,(H,33,37)(H,34,40)/t24?,25-,28-,32-/m1/s1. The lowest BCUT2D eigenvalue weighted by atomic mass is 9.94. The van der Waals surface area contributed by atoms with Gasteiger partial charge < -0.3 is 25.0 Å². The summed E-state index contributed by atoms with van der Waals surface area (Å²) in [6.07, 6.45) is 0.855. The molecule has 0 aliphatic carbocycles. The minimum absolute atomic E-state index is 0.0559. The van der Waals surface area contributed by atoms with Crippen LogP contribution in [0, 0.1) is 10.1 Å². The maximum Gasteiger partial charge on any atom is 0.408 e. The van der Waals surface area contributed by atoms with Crippen LogP contribution in [-0.4, -0.2) is 61.0 Å². The van der Waals surface area contributed by atoms with Crippen LogP contribution in [0.25, 0.3) is 0 Å². The van der Waals surface area contributed by atoms with Gasteiger partial charge >= 0.3 is 12.1 Å². The number of alkyl carbamates (subject to hydrolysis) is 1. The first-order valence-corrected chi connectivity index (χ1v) is 16.4. The van der Waals surface area contributed by atoms with E-state index in [2.05, 4.69) is 10.6 Å². The smallest absolute Gasteiger partial charge is 0.408 e. The summed E-state index contributed by atoms with van der Waals surface area (Å²) in [6.45, 7) is 3.61. The van der Waals surface area contributed by atoms with Gasteiger partial charge in [0.05, 0.1) is 9.67 Å². The number of esters is 1. The molecule has 0 radical (unpaired) electrons. The molecule has 5 rings (SSSR count). The topological polar surface area (TPSA) is 157 Å². The molecule has 1 unspecified atom stereocenters. The lowest BCUT2D eigenvalue weighted by molar-refractivity contribution is -0.384. The number of nitrogens with zero attached hydrogens (tertiary/aromatic N) is 2. The van der Waals surface area contributed by atoms with Gasteiger partial charge in [0.25, 0.3) is 11.6 Å². The molecule has 2 aliphatic rings. The monoisotopic (exact) mass is 664 g/mol. The SMILES string of the molecule is CS[C@@]1(C(=O)OCc2ccccc2)N2C(=O)[C@@H](NC(=O)C(NC(=O)OCc3ccc([N+](=O)[O-])cc3)c3ccccc3)[C@H]2SC1(C)C. The molecule has 0 spiro atoms. The van der Waals surface area contributed by atoms with E-state index in [1.54, 1.807) is 36.6 Å². The van der Waals surface area contributed by atoms with E-state index in [1.165, 1.54) is 52.7 Å². The van der Waals surface area contributed by atoms with Gasteiger partial charge in [0.2, 0.25) is 10.8 Å². The Morgan fingerprint density at radius 3 is 2.15 bits per heavy atom. The number of fused-ring (bicyclic) bond motifs is 1. The Labute approximate surface area is 273 Å². The highest BCUT2D eigenvalue weighted by molar-refractivity contribution is 8.06. The van der Waals surface area contributed by atoms with Crippen LogP contribution in [-0.2, 0) is 37.1 Å². The predicted molar refractivity (Wildman–Crippen MR) is 172 cm³/mol. The number of hydrogen-bond donors (Lipinski definition) is 2. The number of nitro groups is 1. The number of hydrogen-bond acceptors (Lipinski definition) is 10. The number of nitro benzene ring substituents is 1. The summed E-state index contributed by atoms with van der Waals surface area (Å²) in [4.78, 5) is 64.3. The molecule has 0 aromatic heterocycles. The van der Waals surface area contributed by atoms with Crippen molar-refractivity contribution in [3.63, 3.8) is 0 Å². The van der Waals surface area contributed by atoms with Gasteiger partial charge in [-0.2, -0.15) is 0 Å². The van der Waals surface area contributed by atoms with E-state index in [4.69, 9.17) is 9.47 Å². The van der Waals surface area contributed by atoms with Gasteiger partial charge in [0.15, 0.2) is 0 Å². The van der Waals surface area contributed by atoms with Crippen molar-refractivity contribution < 1.29 is 33.6 Å². The van der Waals surface area contributed by atoms with Crippen molar-refractivity contribution in [1.29, 1.82) is 0 Å². The summed E-state index contributed by atoms with van der Waals surface area (Å²) in [5, 5.41) is 15.7. The first-order valence-electron chi connectivity index (χ1n) is 14.3. The van der Waals surface area contributed by atoms with E-state index < -0.39 is 55.9 Å². The number of amides is 3. The Bertz CT molecular complexity index is 1620. The van der Waals surface area contributed by atoms with Gasteiger partial charge in [0, 0.05) is 12.1 Å². The van der Waals surface area contributed by atoms with Crippen LogP contribution in [0.1, 0.15) is 36.6 Å². The molecule has 2 saturated heterocycles. The normalized spacial score (nSPS) is 21.7. The average Bonchev–Trinajstić information content (AvgIpc) is 3.28. The molecular formula is C32H32N4O8S2. The Morgan fingerprint density at radius 1 is 0.957 bits per heavy atom. The maximum atomic E-state index is 13.7. The Balaban J connectivity index is 1.27. The third kappa shape index (κ3) is 6.27. The molecular weight excluding hydrogens is 633 g/mol. The Morgan fingerprint density at radius 2 is 1.54 bits per heavy atom. The van der Waals surface area contributed by atoms with Crippen molar-refractivity contribution >= 4 is 53.1 Å². The molecule has 4 atom stereocenters. The summed E-state index contributed by atoms with van der Waals surface area (Å²) in [6, 6.07) is 21.1. The minimum atomic E-state index is -1.33. The summed E-state index contributed by atoms with van der Waals surface area (Å²) < 4.78 is 10.2. The number of benzene rings is 3. The number of ether oxygens (including phenoxy) is 2. The number of rotatable bonds is 11. The summed E-state index contributed by atoms with van der Waals surface area (Å²) in [7, 11) is 0. The number of carbonyl (C=O) groups excluding carboxylic acids is 4. The van der Waals surface area contributed by atoms with Crippen LogP contribution in [0.3, 0.4) is 0 Å². The van der Waals surface area contributed by atoms with Gasteiger partial charge in [-0.25, -0.2) is 9.59 Å². The van der Waals surface area contributed by atoms with E-state index in [9.17, 15) is 29.3 Å². The molecule has 2 N–H and O–H groups in total. The number of β-lactam (4-membered cyclic amide) rings is 1. The molecule has 240 valence electrons. The zero-order chi connectivity index (χ0) is 33.1. The van der Waals surface area contributed by atoms with E-state index in [-0.39, 0.29) is 18.9 Å². The quantitative estimate of drug-likeness (QED) is 0.129. The Kier molecular flexibility index (Phi) is 9.58. The second-order valence-corrected chi connectivity index (χ2v) is 13.8. The van der Waals surface area contributed by atoms with Crippen molar-refractivity contribution in [3.05, 3.63) is 112 Å². The number of carbonyl (C=O) groups is 4. The number of thioether (sulfide) groups is 2. The third-order valence-corrected chi connectivity index (χ3v) is 11.1. The zero-order valence-corrected chi connectivity index (χ0v) is 26.8. The minimum Gasteiger partial charge on any atom is -0.458 e. The molecule has 0 bridgehead atoms. The second-order valence-electron chi connectivity index (χ2n) is 11.1. The predicted octanol–water partition coefficient (Wildman–Crippen LogP) is 4.54. The molecule has 2 heterocycles. The molecule has 14 heteroatoms. The average molecular weight is 665 g/mol. The molecule has 12 nitrogen and oxygen atoms in total. The third-order valence-electron chi connectivity index (χ3n) is 7.87. The lowest BCUT2D eigenvalue weighted by Crippen LogP contribution is -2.75. The van der Waals surface area contributed by atoms with E-state index >= 15 is 0 Å². The van der Waals surface area contributed by atoms with Crippen LogP contribution >= 0.6 is 23.5 Å². The van der Waals surface area contributed by atoms with Crippen molar-refractivity contribution in [3.8, 4) is 0 Å². The number of non-ortho nitro benzene ring substituents is 1. The summed E-state index contributed by atoms with van der Waals surface area (Å²) >= 11 is 2.62. The van der Waals surface area contributed by atoms with Gasteiger partial charge in [-0.05, 0) is 48.9 Å². The van der Waals surface area contributed by atoms with Crippen LogP contribution in [0.15, 0.2) is 84.9 Å². The molecule has 46 heavy (non-hydrogen) atoms. The zero-order valence-electron chi connectivity index (χ0n) is 25.2. The van der Waals surface area contributed by atoms with Crippen LogP contribution < -0.4 is 10.6 Å².